The number of fused-ring (bicyclic) bond motifs is 1. The number of ether oxygens (including phenoxy) is 4. The highest BCUT2D eigenvalue weighted by Gasteiger charge is 2.45. The van der Waals surface area contributed by atoms with Crippen LogP contribution in [0.1, 0.15) is 29.0 Å². The molecule has 0 spiro atoms. The van der Waals surface area contributed by atoms with Gasteiger partial charge in [0.15, 0.2) is 5.75 Å². The maximum atomic E-state index is 13.2. The number of pyridine rings is 3. The molecule has 1 N–H and O–H groups in total. The molecule has 1 aromatic carbocycles. The largest absolute Gasteiger partial charge is 0.491 e. The van der Waals surface area contributed by atoms with Gasteiger partial charge < -0.3 is 33.9 Å². The molecule has 3 heterocycles. The Bertz CT molecular complexity index is 1550. The highest BCUT2D eigenvalue weighted by atomic mass is 79.9. The van der Waals surface area contributed by atoms with Gasteiger partial charge in [-0.3, -0.25) is 0 Å². The van der Waals surface area contributed by atoms with Crippen LogP contribution in [0.2, 0.25) is 0 Å². The van der Waals surface area contributed by atoms with Crippen molar-refractivity contribution < 1.29 is 24.1 Å². The van der Waals surface area contributed by atoms with Crippen molar-refractivity contribution in [3.63, 3.8) is 0 Å². The Balaban J connectivity index is 2.16. The van der Waals surface area contributed by atoms with E-state index in [9.17, 15) is 5.11 Å². The van der Waals surface area contributed by atoms with Gasteiger partial charge in [-0.1, -0.05) is 15.9 Å². The van der Waals surface area contributed by atoms with Gasteiger partial charge in [0.05, 0.1) is 39.9 Å². The molecule has 3 aromatic heterocycles. The van der Waals surface area contributed by atoms with Crippen LogP contribution in [0.5, 0.6) is 23.4 Å². The van der Waals surface area contributed by atoms with E-state index in [-0.39, 0.29) is 0 Å². The second kappa shape index (κ2) is 13.1. The molecule has 2 atom stereocenters. The summed E-state index contributed by atoms with van der Waals surface area (Å²) in [5, 5.41) is 14.1. The molecule has 0 aliphatic rings. The van der Waals surface area contributed by atoms with Crippen LogP contribution >= 0.6 is 15.9 Å². The Labute approximate surface area is 255 Å². The van der Waals surface area contributed by atoms with E-state index in [0.717, 1.165) is 15.4 Å². The molecule has 11 heteroatoms. The minimum absolute atomic E-state index is 0.298. The average molecular weight is 641 g/mol. The molecule has 4 rings (SSSR count). The lowest BCUT2D eigenvalue weighted by Crippen LogP contribution is -2.38. The number of aliphatic hydroxyl groups is 1. The third-order valence-corrected chi connectivity index (χ3v) is 7.75. The zero-order chi connectivity index (χ0) is 30.6. The minimum atomic E-state index is -1.54. The van der Waals surface area contributed by atoms with E-state index in [1.807, 2.05) is 74.4 Å². The fraction of sp³-hybridized carbons (Fsp3) is 0.387. The molecule has 0 aliphatic heterocycles. The first kappa shape index (κ1) is 31.3. The molecule has 42 heavy (non-hydrogen) atoms. The molecule has 0 bridgehead atoms. The van der Waals surface area contributed by atoms with Crippen LogP contribution in [-0.2, 0) is 5.60 Å². The number of hydrogen-bond donors (Lipinski definition) is 1. The van der Waals surface area contributed by atoms with Gasteiger partial charge in [0, 0.05) is 53.9 Å². The van der Waals surface area contributed by atoms with Crippen molar-refractivity contribution in [2.75, 3.05) is 68.1 Å². The van der Waals surface area contributed by atoms with Gasteiger partial charge in [0.25, 0.3) is 5.88 Å². The van der Waals surface area contributed by atoms with Crippen LogP contribution in [0.3, 0.4) is 0 Å². The van der Waals surface area contributed by atoms with E-state index in [1.54, 1.807) is 33.6 Å². The van der Waals surface area contributed by atoms with E-state index >= 15 is 0 Å². The van der Waals surface area contributed by atoms with Crippen molar-refractivity contribution in [2.45, 2.75) is 17.9 Å². The average Bonchev–Trinajstić information content (AvgIpc) is 2.99. The molecule has 0 saturated carbocycles. The van der Waals surface area contributed by atoms with Crippen LogP contribution in [0.25, 0.3) is 10.9 Å². The lowest BCUT2D eigenvalue weighted by Gasteiger charge is -2.39. The van der Waals surface area contributed by atoms with Crippen molar-refractivity contribution in [1.82, 2.24) is 19.9 Å². The van der Waals surface area contributed by atoms with Crippen LogP contribution in [-0.4, -0.2) is 88.1 Å². The van der Waals surface area contributed by atoms with E-state index in [4.69, 9.17) is 23.9 Å². The summed E-state index contributed by atoms with van der Waals surface area (Å²) >= 11 is 3.59. The van der Waals surface area contributed by atoms with Gasteiger partial charge in [0.2, 0.25) is 11.8 Å². The number of nitrogens with zero attached hydrogens (tertiary/aromatic N) is 5. The Morgan fingerprint density at radius 2 is 1.60 bits per heavy atom. The topological polar surface area (TPSA) is 102 Å². The Morgan fingerprint density at radius 3 is 2.21 bits per heavy atom. The van der Waals surface area contributed by atoms with E-state index in [2.05, 4.69) is 25.9 Å². The maximum Gasteiger partial charge on any atom is 0.257 e. The zero-order valence-corrected chi connectivity index (χ0v) is 26.9. The Morgan fingerprint density at radius 1 is 0.857 bits per heavy atom. The van der Waals surface area contributed by atoms with Crippen molar-refractivity contribution in [2.24, 2.45) is 0 Å². The van der Waals surface area contributed by atoms with Crippen molar-refractivity contribution in [1.29, 1.82) is 0 Å². The van der Waals surface area contributed by atoms with Crippen LogP contribution < -0.4 is 23.8 Å². The summed E-state index contributed by atoms with van der Waals surface area (Å²) in [5.74, 6) is 1.34. The number of aromatic nitrogens is 3. The fourth-order valence-corrected chi connectivity index (χ4v) is 5.52. The van der Waals surface area contributed by atoms with Crippen LogP contribution in [0.4, 0.5) is 5.82 Å². The van der Waals surface area contributed by atoms with Gasteiger partial charge in [-0.2, -0.15) is 4.98 Å². The lowest BCUT2D eigenvalue weighted by atomic mass is 9.71. The van der Waals surface area contributed by atoms with Gasteiger partial charge >= 0.3 is 0 Å². The van der Waals surface area contributed by atoms with Gasteiger partial charge in [-0.25, -0.2) is 9.97 Å². The first-order valence-electron chi connectivity index (χ1n) is 13.4. The summed E-state index contributed by atoms with van der Waals surface area (Å²) in [6.45, 7) is 0.564. The normalized spacial score (nSPS) is 13.5. The number of hydrogen-bond acceptors (Lipinski definition) is 10. The summed E-state index contributed by atoms with van der Waals surface area (Å²) in [5.41, 5.74) is 1.15. The third kappa shape index (κ3) is 6.23. The third-order valence-electron chi connectivity index (χ3n) is 7.26. The predicted octanol–water partition coefficient (Wildman–Crippen LogP) is 4.86. The van der Waals surface area contributed by atoms with Gasteiger partial charge in [-0.05, 0) is 62.5 Å². The number of anilines is 1. The van der Waals surface area contributed by atoms with E-state index < -0.39 is 11.5 Å². The van der Waals surface area contributed by atoms with Crippen molar-refractivity contribution in [3.8, 4) is 23.4 Å². The zero-order valence-electron chi connectivity index (χ0n) is 25.3. The molecule has 0 saturated heterocycles. The molecule has 4 aromatic rings. The summed E-state index contributed by atoms with van der Waals surface area (Å²) in [4.78, 5) is 17.7. The van der Waals surface area contributed by atoms with Crippen molar-refractivity contribution in [3.05, 3.63) is 69.8 Å². The summed E-state index contributed by atoms with van der Waals surface area (Å²) < 4.78 is 23.9. The highest BCUT2D eigenvalue weighted by Crippen LogP contribution is 2.51. The molecule has 0 aliphatic carbocycles. The smallest absolute Gasteiger partial charge is 0.257 e. The maximum absolute atomic E-state index is 13.2. The van der Waals surface area contributed by atoms with Gasteiger partial charge in [-0.15, -0.1) is 0 Å². The van der Waals surface area contributed by atoms with E-state index in [0.29, 0.717) is 58.9 Å². The molecule has 0 amide bonds. The molecule has 2 unspecified atom stereocenters. The number of methoxy groups -OCH3 is 4. The fourth-order valence-electron chi connectivity index (χ4n) is 5.14. The van der Waals surface area contributed by atoms with Crippen LogP contribution in [0.15, 0.2) is 53.1 Å². The van der Waals surface area contributed by atoms with E-state index in [1.165, 1.54) is 7.11 Å². The minimum Gasteiger partial charge on any atom is -0.491 e. The number of rotatable bonds is 12. The van der Waals surface area contributed by atoms with Crippen molar-refractivity contribution >= 4 is 32.7 Å². The lowest BCUT2D eigenvalue weighted by molar-refractivity contribution is 0.00289. The van der Waals surface area contributed by atoms with Gasteiger partial charge in [0.1, 0.15) is 11.4 Å². The first-order valence-corrected chi connectivity index (χ1v) is 14.2. The molecular weight excluding hydrogens is 602 g/mol. The molecule has 0 radical (unpaired) electrons. The summed E-state index contributed by atoms with van der Waals surface area (Å²) in [6.07, 6.45) is 1.98. The Kier molecular flexibility index (Phi) is 9.75. The summed E-state index contributed by atoms with van der Waals surface area (Å²) in [6, 6.07) is 13.3. The molecule has 0 fully saturated rings. The molecule has 10 nitrogen and oxygen atoms in total. The second-order valence-electron chi connectivity index (χ2n) is 10.4. The Hall–Kier alpha value is -3.67. The number of halogens is 1. The van der Waals surface area contributed by atoms with Crippen LogP contribution in [0, 0.1) is 0 Å². The monoisotopic (exact) mass is 639 g/mol. The summed E-state index contributed by atoms with van der Waals surface area (Å²) in [7, 11) is 14.0. The standard InChI is InChI=1S/C31H38BrN5O5/c1-36(2)14-12-31(38,20-17-25(37(3)4)35-26(18-20)39-5)27(22-11-13-33-30(42-8)28(22)40-6)23-16-19-15-21(32)9-10-24(19)34-29(23)41-7/h9-11,13,15-18,27,38H,12,14H2,1-8H3. The predicted molar refractivity (Wildman–Crippen MR) is 167 cm³/mol. The quantitative estimate of drug-likeness (QED) is 0.231. The molecule has 224 valence electrons. The highest BCUT2D eigenvalue weighted by molar-refractivity contribution is 9.10. The first-order chi connectivity index (χ1) is 20.1. The molecular formula is C31H38BrN5O5. The number of benzene rings is 1. The SMILES string of the molecule is COc1cc(C(O)(CCN(C)C)C(c2cc3cc(Br)ccc3nc2OC)c2ccnc(OC)c2OC)cc(N(C)C)n1. The second-order valence-corrected chi connectivity index (χ2v) is 11.3.